The lowest BCUT2D eigenvalue weighted by Crippen LogP contribution is -1.83. The Kier molecular flexibility index (Phi) is 10.6. The van der Waals surface area contributed by atoms with E-state index in [0.29, 0.717) is 0 Å². The molecule has 0 aliphatic heterocycles. The molecule has 0 saturated carbocycles. The smallest absolute Gasteiger partial charge is 0.155 e. The second-order valence-electron chi connectivity index (χ2n) is 9.32. The van der Waals surface area contributed by atoms with Gasteiger partial charge in [-0.15, -0.1) is 22.7 Å². The normalized spacial score (nSPS) is 11.7. The number of rotatable bonds is 16. The van der Waals surface area contributed by atoms with Gasteiger partial charge in [-0.2, -0.15) is 0 Å². The summed E-state index contributed by atoms with van der Waals surface area (Å²) >= 11 is 7.17. The molecular formula is C28H38N2S4. The Balaban J connectivity index is 1.29. The molecule has 0 unspecified atom stereocenters. The van der Waals surface area contributed by atoms with Crippen molar-refractivity contribution < 1.29 is 0 Å². The molecule has 0 aliphatic carbocycles. The second kappa shape index (κ2) is 13.9. The summed E-state index contributed by atoms with van der Waals surface area (Å²) in [4.78, 5) is 14.7. The van der Waals surface area contributed by atoms with Gasteiger partial charge in [-0.25, -0.2) is 9.97 Å². The van der Waals surface area contributed by atoms with Gasteiger partial charge in [0.1, 0.15) is 10.0 Å². The van der Waals surface area contributed by atoms with Crippen molar-refractivity contribution in [2.24, 2.45) is 0 Å². The number of thiophene rings is 2. The first kappa shape index (κ1) is 26.0. The molecule has 0 radical (unpaired) electrons. The fourth-order valence-electron chi connectivity index (χ4n) is 4.31. The minimum absolute atomic E-state index is 1.09. The van der Waals surface area contributed by atoms with Crippen molar-refractivity contribution in [2.45, 2.75) is 104 Å². The van der Waals surface area contributed by atoms with Crippen molar-refractivity contribution in [1.82, 2.24) is 9.97 Å². The maximum Gasteiger partial charge on any atom is 0.155 e. The number of unbranched alkanes of at least 4 members (excludes halogenated alkanes) is 10. The molecule has 4 aromatic rings. The Hall–Kier alpha value is -1.08. The van der Waals surface area contributed by atoms with Crippen LogP contribution in [0.15, 0.2) is 22.9 Å². The van der Waals surface area contributed by atoms with E-state index in [1.54, 1.807) is 22.7 Å². The predicted molar refractivity (Wildman–Crippen MR) is 156 cm³/mol. The van der Waals surface area contributed by atoms with Crippen LogP contribution in [0.2, 0.25) is 0 Å². The highest BCUT2D eigenvalue weighted by Gasteiger charge is 2.15. The van der Waals surface area contributed by atoms with Gasteiger partial charge < -0.3 is 0 Å². The van der Waals surface area contributed by atoms with Crippen LogP contribution in [0.1, 0.15) is 102 Å². The van der Waals surface area contributed by atoms with Gasteiger partial charge in [-0.3, -0.25) is 0 Å². The van der Waals surface area contributed by atoms with E-state index in [-0.39, 0.29) is 0 Å². The highest BCUT2D eigenvalue weighted by Crippen LogP contribution is 2.40. The molecule has 0 N–H and O–H groups in total. The lowest BCUT2D eigenvalue weighted by Gasteiger charge is -1.99. The quantitative estimate of drug-likeness (QED) is 0.135. The zero-order chi connectivity index (χ0) is 23.6. The van der Waals surface area contributed by atoms with E-state index in [1.807, 2.05) is 22.7 Å². The Morgan fingerprint density at radius 1 is 0.559 bits per heavy atom. The summed E-state index contributed by atoms with van der Waals surface area (Å²) in [7, 11) is 0. The van der Waals surface area contributed by atoms with Gasteiger partial charge in [0.25, 0.3) is 0 Å². The van der Waals surface area contributed by atoms with Gasteiger partial charge in [-0.1, -0.05) is 101 Å². The molecule has 0 aliphatic rings. The molecule has 0 fully saturated rings. The van der Waals surface area contributed by atoms with Crippen LogP contribution in [0.3, 0.4) is 0 Å². The third-order valence-corrected chi connectivity index (χ3v) is 10.7. The van der Waals surface area contributed by atoms with Crippen molar-refractivity contribution in [3.05, 3.63) is 34.0 Å². The molecular weight excluding hydrogens is 493 g/mol. The maximum absolute atomic E-state index is 4.95. The fourth-order valence-corrected chi connectivity index (χ4v) is 8.37. The highest BCUT2D eigenvalue weighted by molar-refractivity contribution is 7.31. The fraction of sp³-hybridized carbons (Fsp3) is 0.571. The van der Waals surface area contributed by atoms with Crippen LogP contribution in [-0.4, -0.2) is 9.97 Å². The van der Waals surface area contributed by atoms with E-state index >= 15 is 0 Å². The Bertz CT molecular complexity index is 1000. The summed E-state index contributed by atoms with van der Waals surface area (Å²) in [6.45, 7) is 4.56. The van der Waals surface area contributed by atoms with E-state index in [9.17, 15) is 0 Å². The van der Waals surface area contributed by atoms with E-state index < -0.39 is 0 Å². The molecule has 0 amide bonds. The molecule has 0 atom stereocenters. The van der Waals surface area contributed by atoms with Crippen LogP contribution in [0.4, 0.5) is 0 Å². The largest absolute Gasteiger partial charge is 0.222 e. The molecule has 184 valence electrons. The summed E-state index contributed by atoms with van der Waals surface area (Å²) in [6, 6.07) is 4.71. The second-order valence-corrected chi connectivity index (χ2v) is 13.1. The number of hydrogen-bond donors (Lipinski definition) is 0. The van der Waals surface area contributed by atoms with Gasteiger partial charge in [0.2, 0.25) is 0 Å². The molecule has 0 bridgehead atoms. The van der Waals surface area contributed by atoms with E-state index in [1.165, 1.54) is 111 Å². The Morgan fingerprint density at radius 2 is 0.971 bits per heavy atom. The van der Waals surface area contributed by atoms with Crippen molar-refractivity contribution in [3.8, 4) is 19.8 Å². The number of aromatic nitrogens is 2. The van der Waals surface area contributed by atoms with Crippen LogP contribution in [0, 0.1) is 0 Å². The van der Waals surface area contributed by atoms with Gasteiger partial charge in [0.05, 0.1) is 9.75 Å². The highest BCUT2D eigenvalue weighted by atomic mass is 32.1. The number of hydrogen-bond acceptors (Lipinski definition) is 6. The maximum atomic E-state index is 4.95. The molecule has 4 aromatic heterocycles. The predicted octanol–water partition coefficient (Wildman–Crippen LogP) is 11.0. The first-order chi connectivity index (χ1) is 16.8. The third kappa shape index (κ3) is 7.46. The molecule has 6 heteroatoms. The van der Waals surface area contributed by atoms with Crippen molar-refractivity contribution >= 4 is 55.0 Å². The number of aryl methyl sites for hydroxylation is 2. The molecule has 0 saturated heterocycles. The summed E-state index contributed by atoms with van der Waals surface area (Å²) in [6.07, 6.45) is 18.7. The summed E-state index contributed by atoms with van der Waals surface area (Å²) < 4.78 is 0. The van der Waals surface area contributed by atoms with Crippen LogP contribution in [0.5, 0.6) is 0 Å². The van der Waals surface area contributed by atoms with Gasteiger partial charge in [0, 0.05) is 0 Å². The average Bonchev–Trinajstić information content (AvgIpc) is 3.61. The van der Waals surface area contributed by atoms with Gasteiger partial charge in [0.15, 0.2) is 9.66 Å². The minimum Gasteiger partial charge on any atom is -0.222 e. The van der Waals surface area contributed by atoms with Gasteiger partial charge >= 0.3 is 0 Å². The lowest BCUT2D eigenvalue weighted by molar-refractivity contribution is 0.608. The topological polar surface area (TPSA) is 25.8 Å². The van der Waals surface area contributed by atoms with Crippen LogP contribution in [-0.2, 0) is 12.8 Å². The van der Waals surface area contributed by atoms with E-state index in [2.05, 4.69) is 36.7 Å². The SMILES string of the molecule is CCCCCCCCc1csc(-c2nc3sc(-c4cc(CCCCCCCC)cs4)nc3s2)c1. The zero-order valence-corrected chi connectivity index (χ0v) is 24.0. The lowest BCUT2D eigenvalue weighted by atomic mass is 10.1. The summed E-state index contributed by atoms with van der Waals surface area (Å²) in [5.41, 5.74) is 2.94. The molecule has 2 nitrogen and oxygen atoms in total. The van der Waals surface area contributed by atoms with E-state index in [0.717, 1.165) is 19.7 Å². The molecule has 34 heavy (non-hydrogen) atoms. The molecule has 4 rings (SSSR count). The molecule has 4 heterocycles. The van der Waals surface area contributed by atoms with Crippen LogP contribution < -0.4 is 0 Å². The third-order valence-electron chi connectivity index (χ3n) is 6.34. The zero-order valence-electron chi connectivity index (χ0n) is 20.7. The monoisotopic (exact) mass is 530 g/mol. The summed E-state index contributed by atoms with van der Waals surface area (Å²) in [5, 5.41) is 6.92. The van der Waals surface area contributed by atoms with Crippen LogP contribution in [0.25, 0.3) is 29.4 Å². The first-order valence-corrected chi connectivity index (χ1v) is 16.6. The van der Waals surface area contributed by atoms with Gasteiger partial charge in [-0.05, 0) is 59.7 Å². The van der Waals surface area contributed by atoms with Crippen molar-refractivity contribution in [2.75, 3.05) is 0 Å². The number of thiazole rings is 2. The van der Waals surface area contributed by atoms with Crippen molar-refractivity contribution in [1.29, 1.82) is 0 Å². The average molecular weight is 531 g/mol. The van der Waals surface area contributed by atoms with E-state index in [4.69, 9.17) is 9.97 Å². The number of nitrogens with zero attached hydrogens (tertiary/aromatic N) is 2. The standard InChI is InChI=1S/C28H38N2S4/c1-3-5-7-9-11-13-15-21-17-23(31-19-21)25-29-27-28(33-25)30-26(34-27)24-18-22(20-32-24)16-14-12-10-8-6-4-2/h17-20H,3-16H2,1-2H3. The number of fused-ring (bicyclic) bond motifs is 1. The summed E-state index contributed by atoms with van der Waals surface area (Å²) in [5.74, 6) is 0. The molecule has 0 aromatic carbocycles. The Morgan fingerprint density at radius 3 is 1.41 bits per heavy atom. The van der Waals surface area contributed by atoms with Crippen molar-refractivity contribution in [3.63, 3.8) is 0 Å². The first-order valence-electron chi connectivity index (χ1n) is 13.2. The van der Waals surface area contributed by atoms with Crippen LogP contribution >= 0.6 is 45.3 Å². The molecule has 0 spiro atoms. The Labute approximate surface area is 221 Å². The minimum atomic E-state index is 1.09.